The molecule has 0 saturated carbocycles. The Hall–Kier alpha value is -1.98. The Morgan fingerprint density at radius 3 is 2.29 bits per heavy atom. The third-order valence-corrected chi connectivity index (χ3v) is 3.26. The minimum Gasteiger partial charge on any atom is -0.379 e. The van der Waals surface area contributed by atoms with Gasteiger partial charge in [-0.3, -0.25) is 4.68 Å². The molecular formula is C15H18F3N3. The monoisotopic (exact) mass is 297 g/mol. The van der Waals surface area contributed by atoms with Crippen LogP contribution in [0.25, 0.3) is 0 Å². The van der Waals surface area contributed by atoms with E-state index in [1.807, 2.05) is 24.3 Å². The van der Waals surface area contributed by atoms with Gasteiger partial charge in [0.1, 0.15) is 5.69 Å². The summed E-state index contributed by atoms with van der Waals surface area (Å²) in [6.07, 6.45) is -3.42. The number of hydrogen-bond acceptors (Lipinski definition) is 2. The molecule has 0 bridgehead atoms. The molecule has 1 aromatic heterocycles. The highest BCUT2D eigenvalue weighted by atomic mass is 19.4. The van der Waals surface area contributed by atoms with Crippen molar-refractivity contribution >= 4 is 5.69 Å². The van der Waals surface area contributed by atoms with Crippen LogP contribution in [0.15, 0.2) is 30.3 Å². The lowest BCUT2D eigenvalue weighted by Crippen LogP contribution is -2.13. The van der Waals surface area contributed by atoms with E-state index in [0.29, 0.717) is 5.69 Å². The highest BCUT2D eigenvalue weighted by Crippen LogP contribution is 2.29. The van der Waals surface area contributed by atoms with Gasteiger partial charge in [-0.25, -0.2) is 0 Å². The van der Waals surface area contributed by atoms with Crippen molar-refractivity contribution in [3.8, 4) is 0 Å². The first-order chi connectivity index (χ1) is 9.94. The summed E-state index contributed by atoms with van der Waals surface area (Å²) in [6, 6.07) is 8.92. The normalized spacial score (nSPS) is 11.7. The van der Waals surface area contributed by atoms with Gasteiger partial charge in [-0.05, 0) is 37.1 Å². The number of benzene rings is 1. The SMILES string of the molecule is CCc1ccc(NCc2cc(C(F)(F)F)n(CC)n2)cc1. The fourth-order valence-corrected chi connectivity index (χ4v) is 2.08. The van der Waals surface area contributed by atoms with Gasteiger partial charge in [-0.2, -0.15) is 18.3 Å². The fraction of sp³-hybridized carbons (Fsp3) is 0.400. The molecule has 114 valence electrons. The van der Waals surface area contributed by atoms with Crippen molar-refractivity contribution in [2.45, 2.75) is 39.5 Å². The summed E-state index contributed by atoms with van der Waals surface area (Å²) >= 11 is 0. The van der Waals surface area contributed by atoms with Crippen molar-refractivity contribution < 1.29 is 13.2 Å². The second-order valence-corrected chi connectivity index (χ2v) is 4.74. The third-order valence-electron chi connectivity index (χ3n) is 3.26. The van der Waals surface area contributed by atoms with E-state index in [9.17, 15) is 13.2 Å². The van der Waals surface area contributed by atoms with E-state index in [4.69, 9.17) is 0 Å². The number of nitrogens with zero attached hydrogens (tertiary/aromatic N) is 2. The summed E-state index contributed by atoms with van der Waals surface area (Å²) in [5.41, 5.74) is 1.76. The van der Waals surface area contributed by atoms with Crippen LogP contribution in [0, 0.1) is 0 Å². The van der Waals surface area contributed by atoms with E-state index in [2.05, 4.69) is 17.3 Å². The van der Waals surface area contributed by atoms with Gasteiger partial charge < -0.3 is 5.32 Å². The Kier molecular flexibility index (Phi) is 4.55. The van der Waals surface area contributed by atoms with Gasteiger partial charge >= 0.3 is 6.18 Å². The molecule has 1 heterocycles. The summed E-state index contributed by atoms with van der Waals surface area (Å²) in [6.45, 7) is 4.17. The Balaban J connectivity index is 2.07. The summed E-state index contributed by atoms with van der Waals surface area (Å²) in [5, 5.41) is 7.06. The lowest BCUT2D eigenvalue weighted by atomic mass is 10.1. The average molecular weight is 297 g/mol. The molecule has 21 heavy (non-hydrogen) atoms. The molecule has 0 amide bonds. The molecule has 2 rings (SSSR count). The Bertz CT molecular complexity index is 585. The number of halogens is 3. The zero-order chi connectivity index (χ0) is 15.5. The van der Waals surface area contributed by atoms with Crippen LogP contribution in [0.2, 0.25) is 0 Å². The molecule has 3 nitrogen and oxygen atoms in total. The predicted octanol–water partition coefficient (Wildman–Crippen LogP) is 4.10. The van der Waals surface area contributed by atoms with E-state index in [-0.39, 0.29) is 13.1 Å². The van der Waals surface area contributed by atoms with Crippen LogP contribution in [-0.2, 0) is 25.7 Å². The number of nitrogens with one attached hydrogen (secondary N) is 1. The third kappa shape index (κ3) is 3.77. The predicted molar refractivity (Wildman–Crippen MR) is 76.0 cm³/mol. The molecule has 0 aliphatic heterocycles. The van der Waals surface area contributed by atoms with E-state index < -0.39 is 11.9 Å². The molecular weight excluding hydrogens is 279 g/mol. The molecule has 1 aromatic carbocycles. The average Bonchev–Trinajstić information content (AvgIpc) is 2.89. The Labute approximate surface area is 121 Å². The lowest BCUT2D eigenvalue weighted by Gasteiger charge is -2.07. The van der Waals surface area contributed by atoms with Crippen LogP contribution in [-0.4, -0.2) is 9.78 Å². The standard InChI is InChI=1S/C15H18F3N3/c1-3-11-5-7-12(8-6-11)19-10-13-9-14(15(16,17)18)21(4-2)20-13/h5-9,19H,3-4,10H2,1-2H3. The second-order valence-electron chi connectivity index (χ2n) is 4.74. The van der Waals surface area contributed by atoms with Gasteiger partial charge in [0.15, 0.2) is 0 Å². The maximum atomic E-state index is 12.8. The first-order valence-electron chi connectivity index (χ1n) is 6.90. The van der Waals surface area contributed by atoms with E-state index in [0.717, 1.165) is 22.9 Å². The number of hydrogen-bond donors (Lipinski definition) is 1. The number of anilines is 1. The molecule has 0 radical (unpaired) electrons. The number of aromatic nitrogens is 2. The molecule has 0 atom stereocenters. The smallest absolute Gasteiger partial charge is 0.379 e. The largest absolute Gasteiger partial charge is 0.433 e. The number of alkyl halides is 3. The highest BCUT2D eigenvalue weighted by molar-refractivity contribution is 5.44. The van der Waals surface area contributed by atoms with Crippen molar-refractivity contribution in [2.24, 2.45) is 0 Å². The van der Waals surface area contributed by atoms with Crippen LogP contribution < -0.4 is 5.32 Å². The zero-order valence-corrected chi connectivity index (χ0v) is 12.0. The second kappa shape index (κ2) is 6.20. The van der Waals surface area contributed by atoms with E-state index >= 15 is 0 Å². The molecule has 0 saturated heterocycles. The fourth-order valence-electron chi connectivity index (χ4n) is 2.08. The van der Waals surface area contributed by atoms with Crippen LogP contribution in [0.3, 0.4) is 0 Å². The molecule has 6 heteroatoms. The van der Waals surface area contributed by atoms with Gasteiger partial charge in [0.05, 0.1) is 12.2 Å². The molecule has 0 aliphatic rings. The Morgan fingerprint density at radius 2 is 1.81 bits per heavy atom. The maximum Gasteiger partial charge on any atom is 0.433 e. The van der Waals surface area contributed by atoms with Gasteiger partial charge in [0.2, 0.25) is 0 Å². The van der Waals surface area contributed by atoms with E-state index in [1.54, 1.807) is 6.92 Å². The van der Waals surface area contributed by atoms with Crippen molar-refractivity contribution in [3.05, 3.63) is 47.3 Å². The molecule has 0 spiro atoms. The molecule has 2 aromatic rings. The van der Waals surface area contributed by atoms with Crippen LogP contribution in [0.5, 0.6) is 0 Å². The quantitative estimate of drug-likeness (QED) is 0.900. The minimum absolute atomic E-state index is 0.194. The first kappa shape index (κ1) is 15.4. The van der Waals surface area contributed by atoms with Gasteiger partial charge in [-0.1, -0.05) is 19.1 Å². The van der Waals surface area contributed by atoms with Gasteiger partial charge in [0, 0.05) is 12.2 Å². The number of aryl methyl sites for hydroxylation is 2. The molecule has 0 aliphatic carbocycles. The lowest BCUT2D eigenvalue weighted by molar-refractivity contribution is -0.144. The summed E-state index contributed by atoms with van der Waals surface area (Å²) in [4.78, 5) is 0. The highest BCUT2D eigenvalue weighted by Gasteiger charge is 2.35. The van der Waals surface area contributed by atoms with Crippen LogP contribution in [0.1, 0.15) is 30.8 Å². The number of rotatable bonds is 5. The van der Waals surface area contributed by atoms with Crippen molar-refractivity contribution in [2.75, 3.05) is 5.32 Å². The van der Waals surface area contributed by atoms with Gasteiger partial charge in [0.25, 0.3) is 0 Å². The summed E-state index contributed by atoms with van der Waals surface area (Å²) in [7, 11) is 0. The summed E-state index contributed by atoms with van der Waals surface area (Å²) in [5.74, 6) is 0. The van der Waals surface area contributed by atoms with Crippen molar-refractivity contribution in [3.63, 3.8) is 0 Å². The van der Waals surface area contributed by atoms with E-state index in [1.165, 1.54) is 5.56 Å². The summed E-state index contributed by atoms with van der Waals surface area (Å²) < 4.78 is 39.4. The van der Waals surface area contributed by atoms with Crippen molar-refractivity contribution in [1.82, 2.24) is 9.78 Å². The zero-order valence-electron chi connectivity index (χ0n) is 12.0. The minimum atomic E-state index is -4.37. The van der Waals surface area contributed by atoms with Crippen molar-refractivity contribution in [1.29, 1.82) is 0 Å². The first-order valence-corrected chi connectivity index (χ1v) is 6.90. The Morgan fingerprint density at radius 1 is 1.14 bits per heavy atom. The molecule has 1 N–H and O–H groups in total. The van der Waals surface area contributed by atoms with Crippen LogP contribution in [0.4, 0.5) is 18.9 Å². The molecule has 0 fully saturated rings. The van der Waals surface area contributed by atoms with Gasteiger partial charge in [-0.15, -0.1) is 0 Å². The topological polar surface area (TPSA) is 29.9 Å². The van der Waals surface area contributed by atoms with Crippen LogP contribution >= 0.6 is 0 Å². The maximum absolute atomic E-state index is 12.8. The molecule has 0 unspecified atom stereocenters.